The molecule has 0 aliphatic heterocycles. The van der Waals surface area contributed by atoms with Crippen LogP contribution in [0.25, 0.3) is 10.4 Å². The van der Waals surface area contributed by atoms with E-state index in [0.29, 0.717) is 5.70 Å². The van der Waals surface area contributed by atoms with Crippen LogP contribution in [0.3, 0.4) is 0 Å². The number of nitrogens with zero attached hydrogens (tertiary/aromatic N) is 3. The molecule has 0 bridgehead atoms. The minimum atomic E-state index is -0.196. The van der Waals surface area contributed by atoms with E-state index in [9.17, 15) is 0 Å². The first-order chi connectivity index (χ1) is 5.22. The molecular formula is C6H12N4S. The quantitative estimate of drug-likeness (QED) is 0.390. The van der Waals surface area contributed by atoms with Crippen LogP contribution in [0.5, 0.6) is 0 Å². The second-order valence-corrected chi connectivity index (χ2v) is 3.05. The molecule has 1 atom stereocenters. The maximum Gasteiger partial charge on any atom is 0.0322 e. The van der Waals surface area contributed by atoms with Crippen molar-refractivity contribution in [3.8, 4) is 0 Å². The minimum absolute atomic E-state index is 0.196. The fourth-order valence-corrected chi connectivity index (χ4v) is 1.03. The molecule has 4 nitrogen and oxygen atoms in total. The number of rotatable bonds is 5. The van der Waals surface area contributed by atoms with Gasteiger partial charge in [0.2, 0.25) is 0 Å². The van der Waals surface area contributed by atoms with Crippen LogP contribution in [-0.2, 0) is 0 Å². The summed E-state index contributed by atoms with van der Waals surface area (Å²) < 4.78 is 0. The van der Waals surface area contributed by atoms with Crippen molar-refractivity contribution in [1.82, 2.24) is 0 Å². The minimum Gasteiger partial charge on any atom is -0.324 e. The molecule has 11 heavy (non-hydrogen) atoms. The molecule has 5 heteroatoms. The first-order valence-electron chi connectivity index (χ1n) is 3.20. The second kappa shape index (κ2) is 6.09. The van der Waals surface area contributed by atoms with Crippen LogP contribution >= 0.6 is 11.8 Å². The molecule has 0 aliphatic carbocycles. The molecule has 0 spiro atoms. The molecule has 0 fully saturated rings. The Morgan fingerprint density at radius 2 is 2.55 bits per heavy atom. The smallest absolute Gasteiger partial charge is 0.0322 e. The van der Waals surface area contributed by atoms with Gasteiger partial charge in [-0.15, -0.1) is 0 Å². The molecule has 0 aromatic rings. The van der Waals surface area contributed by atoms with Crippen LogP contribution in [0.4, 0.5) is 0 Å². The fraction of sp³-hybridized carbons (Fsp3) is 0.667. The van der Waals surface area contributed by atoms with Crippen LogP contribution in [0.1, 0.15) is 6.42 Å². The molecule has 0 rings (SSSR count). The first kappa shape index (κ1) is 10.4. The van der Waals surface area contributed by atoms with Gasteiger partial charge in [-0.3, -0.25) is 0 Å². The molecule has 0 radical (unpaired) electrons. The average Bonchev–Trinajstić information content (AvgIpc) is 2.00. The lowest BCUT2D eigenvalue weighted by Gasteiger charge is -2.08. The summed E-state index contributed by atoms with van der Waals surface area (Å²) >= 11 is 1.71. The van der Waals surface area contributed by atoms with Crippen molar-refractivity contribution in [2.24, 2.45) is 10.8 Å². The summed E-state index contributed by atoms with van der Waals surface area (Å²) in [7, 11) is 0. The van der Waals surface area contributed by atoms with E-state index in [2.05, 4.69) is 16.6 Å². The predicted molar refractivity (Wildman–Crippen MR) is 49.3 cm³/mol. The highest BCUT2D eigenvalue weighted by molar-refractivity contribution is 7.98. The Hall–Kier alpha value is -0.640. The first-order valence-corrected chi connectivity index (χ1v) is 4.60. The summed E-state index contributed by atoms with van der Waals surface area (Å²) in [5.41, 5.74) is 14.1. The number of hydrogen-bond donors (Lipinski definition) is 1. The van der Waals surface area contributed by atoms with Crippen molar-refractivity contribution in [3.05, 3.63) is 22.7 Å². The predicted octanol–water partition coefficient (Wildman–Crippen LogP) is 1.89. The van der Waals surface area contributed by atoms with E-state index in [4.69, 9.17) is 11.3 Å². The monoisotopic (exact) mass is 172 g/mol. The molecular weight excluding hydrogens is 160 g/mol. The Bertz CT molecular complexity index is 173. The zero-order chi connectivity index (χ0) is 8.69. The lowest BCUT2D eigenvalue weighted by Crippen LogP contribution is -2.21. The van der Waals surface area contributed by atoms with Crippen LogP contribution in [0, 0.1) is 0 Å². The van der Waals surface area contributed by atoms with Crippen molar-refractivity contribution < 1.29 is 0 Å². The maximum absolute atomic E-state index is 8.05. The lowest BCUT2D eigenvalue weighted by molar-refractivity contribution is 0.739. The van der Waals surface area contributed by atoms with E-state index in [1.165, 1.54) is 0 Å². The van der Waals surface area contributed by atoms with Crippen molar-refractivity contribution in [1.29, 1.82) is 0 Å². The standard InChI is InChI=1S/C6H12N4S/c1-5(9-10-8)6(7)3-4-11-2/h6H,1,3-4,7H2,2H3/t6-/m0/s1. The third-order valence-electron chi connectivity index (χ3n) is 1.23. The Kier molecular flexibility index (Phi) is 5.74. The molecule has 0 aromatic carbocycles. The number of azide groups is 1. The summed E-state index contributed by atoms with van der Waals surface area (Å²) in [6.45, 7) is 3.54. The zero-order valence-electron chi connectivity index (χ0n) is 6.53. The number of hydrogen-bond acceptors (Lipinski definition) is 3. The lowest BCUT2D eigenvalue weighted by atomic mass is 10.2. The highest BCUT2D eigenvalue weighted by atomic mass is 32.2. The summed E-state index contributed by atoms with van der Waals surface area (Å²) in [5, 5.41) is 3.33. The van der Waals surface area contributed by atoms with Crippen LogP contribution in [0.15, 0.2) is 17.4 Å². The molecule has 0 unspecified atom stereocenters. The van der Waals surface area contributed by atoms with Crippen molar-refractivity contribution in [3.63, 3.8) is 0 Å². The normalized spacial score (nSPS) is 11.8. The van der Waals surface area contributed by atoms with E-state index >= 15 is 0 Å². The van der Waals surface area contributed by atoms with Gasteiger partial charge < -0.3 is 5.73 Å². The van der Waals surface area contributed by atoms with Gasteiger partial charge in [0, 0.05) is 16.7 Å². The molecule has 0 aromatic heterocycles. The van der Waals surface area contributed by atoms with Crippen molar-refractivity contribution in [2.75, 3.05) is 12.0 Å². The highest BCUT2D eigenvalue weighted by Crippen LogP contribution is 2.06. The van der Waals surface area contributed by atoms with Gasteiger partial charge in [-0.25, -0.2) is 0 Å². The van der Waals surface area contributed by atoms with E-state index in [1.54, 1.807) is 11.8 Å². The van der Waals surface area contributed by atoms with Gasteiger partial charge in [-0.05, 0) is 24.0 Å². The fourth-order valence-electron chi connectivity index (χ4n) is 0.543. The summed E-state index contributed by atoms with van der Waals surface area (Å²) in [6.07, 6.45) is 2.81. The largest absolute Gasteiger partial charge is 0.324 e. The summed E-state index contributed by atoms with van der Waals surface area (Å²) in [6, 6.07) is -0.196. The highest BCUT2D eigenvalue weighted by Gasteiger charge is 2.03. The Labute approximate surface area is 70.5 Å². The number of nitrogens with two attached hydrogens (primary N) is 1. The Morgan fingerprint density at radius 3 is 3.00 bits per heavy atom. The third kappa shape index (κ3) is 4.72. The topological polar surface area (TPSA) is 74.8 Å². The third-order valence-corrected chi connectivity index (χ3v) is 1.88. The van der Waals surface area contributed by atoms with E-state index < -0.39 is 0 Å². The van der Waals surface area contributed by atoms with Crippen molar-refractivity contribution in [2.45, 2.75) is 12.5 Å². The second-order valence-electron chi connectivity index (χ2n) is 2.07. The van der Waals surface area contributed by atoms with E-state index in [0.717, 1.165) is 12.2 Å². The SMILES string of the molecule is C=C(N=[N+]=[N-])[C@@H](N)CCSC. The van der Waals surface area contributed by atoms with Gasteiger partial charge >= 0.3 is 0 Å². The van der Waals surface area contributed by atoms with Gasteiger partial charge in [-0.2, -0.15) is 11.8 Å². The van der Waals surface area contributed by atoms with Crippen molar-refractivity contribution >= 4 is 11.8 Å². The number of thioether (sulfide) groups is 1. The van der Waals surface area contributed by atoms with Gasteiger partial charge in [0.25, 0.3) is 0 Å². The summed E-state index contributed by atoms with van der Waals surface area (Å²) in [4.78, 5) is 2.60. The average molecular weight is 172 g/mol. The molecule has 0 amide bonds. The van der Waals surface area contributed by atoms with Gasteiger partial charge in [0.05, 0.1) is 0 Å². The van der Waals surface area contributed by atoms with Crippen LogP contribution < -0.4 is 5.73 Å². The Morgan fingerprint density at radius 1 is 1.91 bits per heavy atom. The van der Waals surface area contributed by atoms with E-state index in [-0.39, 0.29) is 6.04 Å². The van der Waals surface area contributed by atoms with Gasteiger partial charge in [-0.1, -0.05) is 11.7 Å². The summed E-state index contributed by atoms with van der Waals surface area (Å²) in [5.74, 6) is 0.959. The maximum atomic E-state index is 8.05. The molecule has 0 saturated heterocycles. The van der Waals surface area contributed by atoms with Crippen LogP contribution in [-0.4, -0.2) is 18.1 Å². The molecule has 0 aliphatic rings. The zero-order valence-corrected chi connectivity index (χ0v) is 7.34. The molecule has 62 valence electrons. The molecule has 0 heterocycles. The van der Waals surface area contributed by atoms with E-state index in [1.807, 2.05) is 6.26 Å². The molecule has 0 saturated carbocycles. The van der Waals surface area contributed by atoms with Gasteiger partial charge in [0.15, 0.2) is 0 Å². The Balaban J connectivity index is 3.73. The van der Waals surface area contributed by atoms with Crippen LogP contribution in [0.2, 0.25) is 0 Å². The van der Waals surface area contributed by atoms with Gasteiger partial charge in [0.1, 0.15) is 0 Å². The molecule has 2 N–H and O–H groups in total.